The Hall–Kier alpha value is -2.50. The van der Waals surface area contributed by atoms with Crippen molar-refractivity contribution in [1.82, 2.24) is 0 Å². The zero-order valence-corrected chi connectivity index (χ0v) is 18.8. The van der Waals surface area contributed by atoms with Gasteiger partial charge >= 0.3 is 0 Å². The van der Waals surface area contributed by atoms with Gasteiger partial charge in [-0.15, -0.1) is 0 Å². The molecule has 2 aliphatic rings. The van der Waals surface area contributed by atoms with Crippen molar-refractivity contribution in [3.05, 3.63) is 82.9 Å². The number of benzene rings is 3. The molecule has 2 saturated heterocycles. The van der Waals surface area contributed by atoms with E-state index in [9.17, 15) is 0 Å². The summed E-state index contributed by atoms with van der Waals surface area (Å²) < 4.78 is 21.9. The van der Waals surface area contributed by atoms with Crippen LogP contribution in [0.25, 0.3) is 22.3 Å². The number of aryl methyl sites for hydroxylation is 2. The minimum Gasteiger partial charge on any atom is -0.374 e. The van der Waals surface area contributed by atoms with E-state index in [1.54, 1.807) is 0 Å². The molecule has 166 valence electrons. The molecule has 0 aliphatic carbocycles. The van der Waals surface area contributed by atoms with Gasteiger partial charge in [0, 0.05) is 0 Å². The molecule has 2 aliphatic heterocycles. The van der Waals surface area contributed by atoms with Gasteiger partial charge in [-0.25, -0.2) is 0 Å². The Morgan fingerprint density at radius 3 is 1.34 bits per heavy atom. The lowest BCUT2D eigenvalue weighted by molar-refractivity contribution is 0.104. The van der Waals surface area contributed by atoms with Crippen molar-refractivity contribution in [3.63, 3.8) is 0 Å². The fourth-order valence-corrected chi connectivity index (χ4v) is 3.86. The molecule has 2 fully saturated rings. The number of ether oxygens (including phenoxy) is 4. The highest BCUT2D eigenvalue weighted by atomic mass is 16.6. The van der Waals surface area contributed by atoms with Crippen molar-refractivity contribution in [2.45, 2.75) is 39.3 Å². The summed E-state index contributed by atoms with van der Waals surface area (Å²) in [4.78, 5) is 0. The molecule has 0 bridgehead atoms. The number of hydrogen-bond acceptors (Lipinski definition) is 4. The first-order chi connectivity index (χ1) is 15.7. The third kappa shape index (κ3) is 5.45. The summed E-state index contributed by atoms with van der Waals surface area (Å²) in [5, 5.41) is 0. The molecule has 4 nitrogen and oxygen atoms in total. The van der Waals surface area contributed by atoms with Crippen LogP contribution in [0.5, 0.6) is 0 Å². The van der Waals surface area contributed by atoms with Crippen molar-refractivity contribution in [2.75, 3.05) is 26.4 Å². The van der Waals surface area contributed by atoms with E-state index in [1.165, 1.54) is 44.5 Å². The van der Waals surface area contributed by atoms with Gasteiger partial charge in [-0.1, -0.05) is 60.7 Å². The number of rotatable bonds is 10. The standard InChI is InChI=1S/C28H30O4/c1-19-11-23(7-9-25(19)13-29-15-27-17-31-27)21-3-5-22(6-4-21)24-8-10-26(20(2)12-24)14-30-16-28-18-32-28/h3-12,27-28H,13-18H2,1-2H3. The van der Waals surface area contributed by atoms with Crippen LogP contribution in [0.3, 0.4) is 0 Å². The predicted octanol–water partition coefficient (Wildman–Crippen LogP) is 5.47. The summed E-state index contributed by atoms with van der Waals surface area (Å²) in [6.45, 7) is 8.62. The fourth-order valence-electron chi connectivity index (χ4n) is 3.86. The lowest BCUT2D eigenvalue weighted by Gasteiger charge is -2.11. The second-order valence-electron chi connectivity index (χ2n) is 8.80. The van der Waals surface area contributed by atoms with Gasteiger partial charge in [-0.05, 0) is 58.4 Å². The molecule has 2 unspecified atom stereocenters. The highest BCUT2D eigenvalue weighted by molar-refractivity contribution is 5.71. The molecule has 32 heavy (non-hydrogen) atoms. The van der Waals surface area contributed by atoms with Gasteiger partial charge < -0.3 is 18.9 Å². The van der Waals surface area contributed by atoms with Gasteiger partial charge in [-0.2, -0.15) is 0 Å². The third-order valence-corrected chi connectivity index (χ3v) is 6.16. The average Bonchev–Trinajstić information content (AvgIpc) is 3.72. The molecule has 4 heteroatoms. The first-order valence-electron chi connectivity index (χ1n) is 11.3. The number of hydrogen-bond donors (Lipinski definition) is 0. The largest absolute Gasteiger partial charge is 0.374 e. The van der Waals surface area contributed by atoms with Crippen molar-refractivity contribution >= 4 is 0 Å². The summed E-state index contributed by atoms with van der Waals surface area (Å²) in [5.41, 5.74) is 9.87. The summed E-state index contributed by atoms with van der Waals surface area (Å²) in [5.74, 6) is 0. The lowest BCUT2D eigenvalue weighted by atomic mass is 9.96. The van der Waals surface area contributed by atoms with Crippen LogP contribution in [-0.4, -0.2) is 38.6 Å². The first kappa shape index (κ1) is 21.4. The SMILES string of the molecule is Cc1cc(-c2ccc(-c3ccc(COCC4CO4)c(C)c3)cc2)ccc1COCC1CO1. The van der Waals surface area contributed by atoms with Crippen LogP contribution in [0.2, 0.25) is 0 Å². The van der Waals surface area contributed by atoms with Crippen molar-refractivity contribution in [3.8, 4) is 22.3 Å². The van der Waals surface area contributed by atoms with E-state index < -0.39 is 0 Å². The third-order valence-electron chi connectivity index (χ3n) is 6.16. The van der Waals surface area contributed by atoms with Crippen LogP contribution >= 0.6 is 0 Å². The molecule has 0 spiro atoms. The highest BCUT2D eigenvalue weighted by Gasteiger charge is 2.23. The molecule has 3 aromatic carbocycles. The van der Waals surface area contributed by atoms with E-state index in [0.717, 1.165) is 13.2 Å². The minimum atomic E-state index is 0.309. The summed E-state index contributed by atoms with van der Waals surface area (Å²) >= 11 is 0. The van der Waals surface area contributed by atoms with E-state index in [-0.39, 0.29) is 0 Å². The maximum absolute atomic E-state index is 5.75. The van der Waals surface area contributed by atoms with E-state index in [2.05, 4.69) is 74.5 Å². The van der Waals surface area contributed by atoms with Gasteiger partial charge in [-0.3, -0.25) is 0 Å². The molecule has 0 radical (unpaired) electrons. The van der Waals surface area contributed by atoms with E-state index >= 15 is 0 Å². The Morgan fingerprint density at radius 1 is 0.625 bits per heavy atom. The highest BCUT2D eigenvalue weighted by Crippen LogP contribution is 2.28. The molecule has 0 saturated carbocycles. The molecule has 0 amide bonds. The van der Waals surface area contributed by atoms with Crippen LogP contribution in [0.15, 0.2) is 60.7 Å². The monoisotopic (exact) mass is 430 g/mol. The zero-order chi connectivity index (χ0) is 21.9. The van der Waals surface area contributed by atoms with Crippen LogP contribution in [0.4, 0.5) is 0 Å². The van der Waals surface area contributed by atoms with E-state index in [4.69, 9.17) is 18.9 Å². The minimum absolute atomic E-state index is 0.309. The van der Waals surface area contributed by atoms with Gasteiger partial charge in [0.2, 0.25) is 0 Å². The Labute approximate surface area is 190 Å². The Kier molecular flexibility index (Phi) is 6.37. The van der Waals surface area contributed by atoms with Gasteiger partial charge in [0.05, 0.1) is 39.6 Å². The molecular formula is C28H30O4. The smallest absolute Gasteiger partial charge is 0.104 e. The molecule has 2 heterocycles. The second-order valence-corrected chi connectivity index (χ2v) is 8.80. The van der Waals surface area contributed by atoms with Crippen LogP contribution < -0.4 is 0 Å². The Balaban J connectivity index is 1.23. The lowest BCUT2D eigenvalue weighted by Crippen LogP contribution is -2.02. The average molecular weight is 431 g/mol. The molecule has 5 rings (SSSR count). The van der Waals surface area contributed by atoms with Crippen molar-refractivity contribution in [2.24, 2.45) is 0 Å². The van der Waals surface area contributed by atoms with Crippen LogP contribution in [0, 0.1) is 13.8 Å². The Morgan fingerprint density at radius 2 is 1.00 bits per heavy atom. The van der Waals surface area contributed by atoms with Crippen molar-refractivity contribution in [1.29, 1.82) is 0 Å². The van der Waals surface area contributed by atoms with E-state index in [1.807, 2.05) is 0 Å². The van der Waals surface area contributed by atoms with Gasteiger partial charge in [0.15, 0.2) is 0 Å². The maximum Gasteiger partial charge on any atom is 0.104 e. The van der Waals surface area contributed by atoms with Crippen LogP contribution in [-0.2, 0) is 32.2 Å². The zero-order valence-electron chi connectivity index (χ0n) is 18.8. The normalized spacial score (nSPS) is 19.2. The maximum atomic E-state index is 5.75. The van der Waals surface area contributed by atoms with Crippen molar-refractivity contribution < 1.29 is 18.9 Å². The summed E-state index contributed by atoms with van der Waals surface area (Å²) in [7, 11) is 0. The second kappa shape index (κ2) is 9.55. The topological polar surface area (TPSA) is 43.5 Å². The summed E-state index contributed by atoms with van der Waals surface area (Å²) in [6.07, 6.45) is 0.618. The fraction of sp³-hybridized carbons (Fsp3) is 0.357. The van der Waals surface area contributed by atoms with Gasteiger partial charge in [0.25, 0.3) is 0 Å². The molecule has 2 atom stereocenters. The molecule has 0 N–H and O–H groups in total. The Bertz CT molecular complexity index is 979. The molecular weight excluding hydrogens is 400 g/mol. The molecule has 3 aromatic rings. The number of epoxide rings is 2. The van der Waals surface area contributed by atoms with E-state index in [0.29, 0.717) is 38.6 Å². The predicted molar refractivity (Wildman–Crippen MR) is 126 cm³/mol. The quantitative estimate of drug-likeness (QED) is 0.400. The summed E-state index contributed by atoms with van der Waals surface area (Å²) in [6, 6.07) is 22.0. The molecule has 0 aromatic heterocycles. The van der Waals surface area contributed by atoms with Gasteiger partial charge in [0.1, 0.15) is 12.2 Å². The first-order valence-corrected chi connectivity index (χ1v) is 11.3. The van der Waals surface area contributed by atoms with Crippen LogP contribution in [0.1, 0.15) is 22.3 Å².